The lowest BCUT2D eigenvalue weighted by Gasteiger charge is -2.06. The van der Waals surface area contributed by atoms with Crippen molar-refractivity contribution < 1.29 is 9.18 Å². The largest absolute Gasteiger partial charge is 0.399 e. The zero-order valence-corrected chi connectivity index (χ0v) is 9.61. The fourth-order valence-electron chi connectivity index (χ4n) is 1.55. The maximum absolute atomic E-state index is 12.9. The number of nitrogen functional groups attached to an aromatic ring is 1. The molecule has 0 aliphatic rings. The van der Waals surface area contributed by atoms with Crippen molar-refractivity contribution in [3.8, 4) is 0 Å². The van der Waals surface area contributed by atoms with Gasteiger partial charge in [-0.25, -0.2) is 4.39 Å². The van der Waals surface area contributed by atoms with Crippen LogP contribution in [0.1, 0.15) is 15.9 Å². The molecule has 18 heavy (non-hydrogen) atoms. The van der Waals surface area contributed by atoms with Crippen LogP contribution in [0.2, 0.25) is 0 Å². The lowest BCUT2D eigenvalue weighted by molar-refractivity contribution is 0.0951. The number of hydrogen-bond acceptors (Lipinski definition) is 2. The number of anilines is 1. The highest BCUT2D eigenvalue weighted by atomic mass is 19.1. The molecule has 0 heterocycles. The molecule has 2 aromatic carbocycles. The molecule has 0 unspecified atom stereocenters. The zero-order valence-electron chi connectivity index (χ0n) is 9.61. The lowest BCUT2D eigenvalue weighted by atomic mass is 10.1. The zero-order chi connectivity index (χ0) is 13.0. The van der Waals surface area contributed by atoms with Gasteiger partial charge in [-0.3, -0.25) is 4.79 Å². The Balaban J connectivity index is 2.00. The van der Waals surface area contributed by atoms with Crippen molar-refractivity contribution in [1.82, 2.24) is 5.32 Å². The third-order valence-electron chi connectivity index (χ3n) is 2.42. The number of carbonyl (C=O) groups is 1. The molecule has 91 valence electrons. The van der Waals surface area contributed by atoms with Crippen molar-refractivity contribution in [3.05, 3.63) is 65.5 Å². The van der Waals surface area contributed by atoms with Crippen molar-refractivity contribution in [2.45, 2.75) is 6.54 Å². The summed E-state index contributed by atoms with van der Waals surface area (Å²) in [7, 11) is 0. The van der Waals surface area contributed by atoms with Crippen LogP contribution < -0.4 is 11.1 Å². The molecule has 0 fully saturated rings. The molecule has 2 rings (SSSR count). The molecular formula is C14H12FN2O. The summed E-state index contributed by atoms with van der Waals surface area (Å²) in [5.41, 5.74) is 7.18. The molecule has 0 saturated carbocycles. The van der Waals surface area contributed by atoms with Crippen LogP contribution in [-0.4, -0.2) is 5.91 Å². The van der Waals surface area contributed by atoms with Gasteiger partial charge in [0.05, 0.1) is 0 Å². The molecule has 1 radical (unpaired) electrons. The van der Waals surface area contributed by atoms with Crippen LogP contribution in [-0.2, 0) is 6.54 Å². The first-order valence-corrected chi connectivity index (χ1v) is 5.44. The number of rotatable bonds is 3. The van der Waals surface area contributed by atoms with E-state index < -0.39 is 0 Å². The predicted octanol–water partition coefficient (Wildman–Crippen LogP) is 2.14. The van der Waals surface area contributed by atoms with Crippen LogP contribution in [0, 0.1) is 11.9 Å². The number of benzene rings is 2. The minimum Gasteiger partial charge on any atom is -0.399 e. The second-order valence-electron chi connectivity index (χ2n) is 3.87. The molecule has 0 spiro atoms. The molecule has 0 atom stereocenters. The monoisotopic (exact) mass is 243 g/mol. The lowest BCUT2D eigenvalue weighted by Crippen LogP contribution is -2.22. The second kappa shape index (κ2) is 5.31. The number of nitrogens with two attached hydrogens (primary N) is 1. The number of hydrogen-bond donors (Lipinski definition) is 2. The Labute approximate surface area is 104 Å². The average Bonchev–Trinajstić information content (AvgIpc) is 2.36. The van der Waals surface area contributed by atoms with E-state index in [9.17, 15) is 9.18 Å². The highest BCUT2D eigenvalue weighted by Gasteiger charge is 2.05. The van der Waals surface area contributed by atoms with Crippen LogP contribution >= 0.6 is 0 Å². The van der Waals surface area contributed by atoms with Gasteiger partial charge in [0.15, 0.2) is 0 Å². The highest BCUT2D eigenvalue weighted by molar-refractivity contribution is 5.94. The Morgan fingerprint density at radius 2 is 2.17 bits per heavy atom. The summed E-state index contributed by atoms with van der Waals surface area (Å²) in [6, 6.07) is 13.6. The van der Waals surface area contributed by atoms with E-state index >= 15 is 0 Å². The van der Waals surface area contributed by atoms with Gasteiger partial charge in [-0.05, 0) is 42.0 Å². The average molecular weight is 243 g/mol. The standard InChI is InChI=1S/C14H12FN2O/c15-12-5-1-3-10(7-12)9-17-14(18)11-4-2-6-13(16)8-11/h1,3-8H,9,16H2,(H,17,18). The van der Waals surface area contributed by atoms with Gasteiger partial charge in [0.1, 0.15) is 5.82 Å². The molecule has 1 amide bonds. The van der Waals surface area contributed by atoms with Crippen molar-refractivity contribution in [1.29, 1.82) is 0 Å². The Morgan fingerprint density at radius 3 is 2.89 bits per heavy atom. The second-order valence-corrected chi connectivity index (χ2v) is 3.87. The molecule has 0 aromatic heterocycles. The molecule has 0 saturated heterocycles. The van der Waals surface area contributed by atoms with Crippen LogP contribution in [0.5, 0.6) is 0 Å². The Bertz CT molecular complexity index is 569. The van der Waals surface area contributed by atoms with E-state index in [0.29, 0.717) is 16.8 Å². The van der Waals surface area contributed by atoms with E-state index in [4.69, 9.17) is 5.73 Å². The van der Waals surface area contributed by atoms with Gasteiger partial charge in [0, 0.05) is 17.8 Å². The number of amides is 1. The maximum Gasteiger partial charge on any atom is 0.251 e. The fraction of sp³-hybridized carbons (Fsp3) is 0.0714. The summed E-state index contributed by atoms with van der Waals surface area (Å²) in [4.78, 5) is 11.8. The van der Waals surface area contributed by atoms with Gasteiger partial charge in [0.25, 0.3) is 5.91 Å². The molecule has 4 heteroatoms. The fourth-order valence-corrected chi connectivity index (χ4v) is 1.55. The predicted molar refractivity (Wildman–Crippen MR) is 67.3 cm³/mol. The van der Waals surface area contributed by atoms with Gasteiger partial charge in [-0.1, -0.05) is 12.1 Å². The normalized spacial score (nSPS) is 10.1. The SMILES string of the molecule is Nc1c[c]cc(C(=O)NCc2cccc(F)c2)c1. The quantitative estimate of drug-likeness (QED) is 0.811. The van der Waals surface area contributed by atoms with Crippen molar-refractivity contribution in [2.24, 2.45) is 0 Å². The van der Waals surface area contributed by atoms with Crippen LogP contribution in [0.3, 0.4) is 0 Å². The van der Waals surface area contributed by atoms with E-state index in [1.165, 1.54) is 12.1 Å². The third kappa shape index (κ3) is 3.07. The first-order valence-electron chi connectivity index (χ1n) is 5.44. The van der Waals surface area contributed by atoms with E-state index in [1.54, 1.807) is 30.3 Å². The van der Waals surface area contributed by atoms with E-state index in [2.05, 4.69) is 11.4 Å². The van der Waals surface area contributed by atoms with E-state index in [1.807, 2.05) is 0 Å². The minimum absolute atomic E-state index is 0.261. The molecule has 3 nitrogen and oxygen atoms in total. The van der Waals surface area contributed by atoms with Crippen molar-refractivity contribution >= 4 is 11.6 Å². The summed E-state index contributed by atoms with van der Waals surface area (Å²) in [5, 5.41) is 2.69. The Hall–Kier alpha value is -2.36. The van der Waals surface area contributed by atoms with Crippen molar-refractivity contribution in [3.63, 3.8) is 0 Å². The van der Waals surface area contributed by atoms with Crippen LogP contribution in [0.15, 0.2) is 42.5 Å². The van der Waals surface area contributed by atoms with Gasteiger partial charge < -0.3 is 11.1 Å². The van der Waals surface area contributed by atoms with Gasteiger partial charge in [0.2, 0.25) is 0 Å². The van der Waals surface area contributed by atoms with E-state index in [-0.39, 0.29) is 18.3 Å². The van der Waals surface area contributed by atoms with Crippen LogP contribution in [0.4, 0.5) is 10.1 Å². The third-order valence-corrected chi connectivity index (χ3v) is 2.42. The Morgan fingerprint density at radius 1 is 1.33 bits per heavy atom. The van der Waals surface area contributed by atoms with Crippen LogP contribution in [0.25, 0.3) is 0 Å². The first-order chi connectivity index (χ1) is 8.65. The summed E-state index contributed by atoms with van der Waals surface area (Å²) in [6.07, 6.45) is 0. The molecule has 0 aliphatic heterocycles. The molecular weight excluding hydrogens is 231 g/mol. The summed E-state index contributed by atoms with van der Waals surface area (Å²) < 4.78 is 12.9. The summed E-state index contributed by atoms with van der Waals surface area (Å²) in [6.45, 7) is 0.269. The molecule has 0 bridgehead atoms. The molecule has 0 aliphatic carbocycles. The first kappa shape index (κ1) is 12.1. The van der Waals surface area contributed by atoms with Gasteiger partial charge in [-0.2, -0.15) is 0 Å². The van der Waals surface area contributed by atoms with Gasteiger partial charge in [-0.15, -0.1) is 0 Å². The number of halogens is 1. The molecule has 2 aromatic rings. The summed E-state index contributed by atoms with van der Waals surface area (Å²) >= 11 is 0. The van der Waals surface area contributed by atoms with Crippen molar-refractivity contribution in [2.75, 3.05) is 5.73 Å². The smallest absolute Gasteiger partial charge is 0.251 e. The Kier molecular flexibility index (Phi) is 3.57. The minimum atomic E-state index is -0.320. The summed E-state index contributed by atoms with van der Waals surface area (Å²) in [5.74, 6) is -0.582. The highest BCUT2D eigenvalue weighted by Crippen LogP contribution is 2.07. The van der Waals surface area contributed by atoms with Gasteiger partial charge >= 0.3 is 0 Å². The topological polar surface area (TPSA) is 55.1 Å². The molecule has 3 N–H and O–H groups in total. The number of nitrogens with one attached hydrogen (secondary N) is 1. The number of carbonyl (C=O) groups excluding carboxylic acids is 1. The van der Waals surface area contributed by atoms with E-state index in [0.717, 1.165) is 0 Å². The maximum atomic E-state index is 12.9.